The molecule has 2 aromatic heterocycles. The fraction of sp³-hybridized carbons (Fsp3) is 0.238. The standard InChI is InChI=1S/C21H20N4O4/c1-22-19-14-7-6-13(29-2)9-16(14)25-18(17(19)20(26)24-12-4-5-12)11-3-8-15(21(27)28)23-10-11/h3,6-10,12H,4-5H2,1-2H3,(H,22,25)(H,24,26)(H,27,28). The van der Waals surface area contributed by atoms with Gasteiger partial charge in [0.05, 0.1) is 29.6 Å². The molecule has 1 aliphatic rings. The number of hydrogen-bond donors (Lipinski definition) is 3. The van der Waals surface area contributed by atoms with Crippen LogP contribution in [0, 0.1) is 0 Å². The molecule has 29 heavy (non-hydrogen) atoms. The van der Waals surface area contributed by atoms with Gasteiger partial charge in [-0.25, -0.2) is 14.8 Å². The molecule has 2 heterocycles. The van der Waals surface area contributed by atoms with Crippen molar-refractivity contribution in [1.29, 1.82) is 0 Å². The van der Waals surface area contributed by atoms with Crippen LogP contribution in [0.5, 0.6) is 5.75 Å². The fourth-order valence-corrected chi connectivity index (χ4v) is 3.21. The fourth-order valence-electron chi connectivity index (χ4n) is 3.21. The monoisotopic (exact) mass is 392 g/mol. The molecule has 1 amide bonds. The van der Waals surface area contributed by atoms with Crippen LogP contribution in [0.15, 0.2) is 36.5 Å². The first-order chi connectivity index (χ1) is 14.0. The van der Waals surface area contributed by atoms with Gasteiger partial charge in [0, 0.05) is 36.3 Å². The minimum absolute atomic E-state index is 0.0750. The van der Waals surface area contributed by atoms with Crippen LogP contribution in [-0.2, 0) is 0 Å². The molecule has 1 aliphatic carbocycles. The second kappa shape index (κ2) is 7.38. The number of carbonyl (C=O) groups is 2. The summed E-state index contributed by atoms with van der Waals surface area (Å²) in [6, 6.07) is 8.65. The summed E-state index contributed by atoms with van der Waals surface area (Å²) in [4.78, 5) is 32.9. The van der Waals surface area contributed by atoms with Gasteiger partial charge in [-0.3, -0.25) is 4.79 Å². The van der Waals surface area contributed by atoms with Gasteiger partial charge >= 0.3 is 5.97 Å². The van der Waals surface area contributed by atoms with Crippen LogP contribution in [0.1, 0.15) is 33.7 Å². The lowest BCUT2D eigenvalue weighted by molar-refractivity contribution is 0.0690. The molecule has 0 unspecified atom stereocenters. The van der Waals surface area contributed by atoms with Crippen LogP contribution in [0.4, 0.5) is 5.69 Å². The highest BCUT2D eigenvalue weighted by atomic mass is 16.5. The Balaban J connectivity index is 1.95. The van der Waals surface area contributed by atoms with E-state index in [1.165, 1.54) is 12.3 Å². The minimum atomic E-state index is -1.12. The van der Waals surface area contributed by atoms with Crippen molar-refractivity contribution in [3.63, 3.8) is 0 Å². The van der Waals surface area contributed by atoms with Gasteiger partial charge in [-0.1, -0.05) is 0 Å². The zero-order valence-electron chi connectivity index (χ0n) is 16.0. The number of amides is 1. The Morgan fingerprint density at radius 3 is 2.59 bits per heavy atom. The van der Waals surface area contributed by atoms with Crippen LogP contribution in [-0.4, -0.2) is 47.2 Å². The van der Waals surface area contributed by atoms with Gasteiger partial charge in [0.15, 0.2) is 0 Å². The molecule has 148 valence electrons. The van der Waals surface area contributed by atoms with Gasteiger partial charge in [-0.15, -0.1) is 0 Å². The summed E-state index contributed by atoms with van der Waals surface area (Å²) in [7, 11) is 3.33. The first-order valence-corrected chi connectivity index (χ1v) is 9.22. The van der Waals surface area contributed by atoms with E-state index in [2.05, 4.69) is 15.6 Å². The van der Waals surface area contributed by atoms with Crippen molar-refractivity contribution in [3.05, 3.63) is 47.8 Å². The number of nitrogens with one attached hydrogen (secondary N) is 2. The summed E-state index contributed by atoms with van der Waals surface area (Å²) in [5.41, 5.74) is 2.60. The summed E-state index contributed by atoms with van der Waals surface area (Å²) in [6.07, 6.45) is 3.34. The highest BCUT2D eigenvalue weighted by Gasteiger charge is 2.28. The average molecular weight is 392 g/mol. The van der Waals surface area contributed by atoms with E-state index in [-0.39, 0.29) is 17.6 Å². The van der Waals surface area contributed by atoms with Gasteiger partial charge in [0.25, 0.3) is 5.91 Å². The molecule has 0 bridgehead atoms. The lowest BCUT2D eigenvalue weighted by atomic mass is 10.0. The summed E-state index contributed by atoms with van der Waals surface area (Å²) in [5.74, 6) is -0.692. The first kappa shape index (κ1) is 18.7. The largest absolute Gasteiger partial charge is 0.497 e. The Morgan fingerprint density at radius 1 is 1.21 bits per heavy atom. The molecule has 3 aromatic rings. The van der Waals surface area contributed by atoms with Crippen molar-refractivity contribution in [2.75, 3.05) is 19.5 Å². The van der Waals surface area contributed by atoms with Crippen LogP contribution < -0.4 is 15.4 Å². The molecule has 8 heteroatoms. The van der Waals surface area contributed by atoms with Crippen LogP contribution in [0.2, 0.25) is 0 Å². The SMILES string of the molecule is CNc1c(C(=O)NC2CC2)c(-c2ccc(C(=O)O)nc2)nc2cc(OC)ccc12. The summed E-state index contributed by atoms with van der Waals surface area (Å²) in [5, 5.41) is 16.0. The molecule has 3 N–H and O–H groups in total. The normalized spacial score (nSPS) is 13.2. The average Bonchev–Trinajstić information content (AvgIpc) is 3.55. The van der Waals surface area contributed by atoms with E-state index < -0.39 is 5.97 Å². The number of ether oxygens (including phenoxy) is 1. The van der Waals surface area contributed by atoms with E-state index in [9.17, 15) is 9.59 Å². The highest BCUT2D eigenvalue weighted by Crippen LogP contribution is 2.35. The number of carboxylic acid groups (broad SMARTS) is 1. The number of methoxy groups -OCH3 is 1. The lowest BCUT2D eigenvalue weighted by Gasteiger charge is -2.17. The quantitative estimate of drug-likeness (QED) is 0.591. The maximum atomic E-state index is 13.1. The van der Waals surface area contributed by atoms with Crippen molar-refractivity contribution in [2.45, 2.75) is 18.9 Å². The minimum Gasteiger partial charge on any atom is -0.497 e. The van der Waals surface area contributed by atoms with E-state index in [4.69, 9.17) is 14.8 Å². The molecule has 0 atom stereocenters. The number of benzene rings is 1. The summed E-state index contributed by atoms with van der Waals surface area (Å²) >= 11 is 0. The molecule has 4 rings (SSSR count). The predicted octanol–water partition coefficient (Wildman–Crippen LogP) is 2.94. The number of carbonyl (C=O) groups excluding carboxylic acids is 1. The third-order valence-corrected chi connectivity index (χ3v) is 4.84. The Hall–Kier alpha value is -3.68. The smallest absolute Gasteiger partial charge is 0.354 e. The number of nitrogens with zero attached hydrogens (tertiary/aromatic N) is 2. The van der Waals surface area contributed by atoms with Crippen LogP contribution >= 0.6 is 0 Å². The van der Waals surface area contributed by atoms with Crippen molar-refractivity contribution in [2.24, 2.45) is 0 Å². The molecule has 0 radical (unpaired) electrons. The highest BCUT2D eigenvalue weighted by molar-refractivity contribution is 6.12. The topological polar surface area (TPSA) is 113 Å². The summed E-state index contributed by atoms with van der Waals surface area (Å²) in [6.45, 7) is 0. The molecule has 1 saturated carbocycles. The third-order valence-electron chi connectivity index (χ3n) is 4.84. The van der Waals surface area contributed by atoms with Crippen molar-refractivity contribution < 1.29 is 19.4 Å². The van der Waals surface area contributed by atoms with Crippen molar-refractivity contribution in [1.82, 2.24) is 15.3 Å². The van der Waals surface area contributed by atoms with E-state index in [1.54, 1.807) is 26.3 Å². The van der Waals surface area contributed by atoms with Gasteiger partial charge in [0.2, 0.25) is 0 Å². The van der Waals surface area contributed by atoms with E-state index >= 15 is 0 Å². The second-order valence-corrected chi connectivity index (χ2v) is 6.83. The number of carboxylic acids is 1. The summed E-state index contributed by atoms with van der Waals surface area (Å²) < 4.78 is 5.30. The molecule has 1 aromatic carbocycles. The van der Waals surface area contributed by atoms with Gasteiger partial charge in [-0.05, 0) is 37.1 Å². The van der Waals surface area contributed by atoms with Gasteiger partial charge in [0.1, 0.15) is 11.4 Å². The van der Waals surface area contributed by atoms with Crippen LogP contribution in [0.25, 0.3) is 22.2 Å². The van der Waals surface area contributed by atoms with Crippen molar-refractivity contribution >= 4 is 28.5 Å². The number of pyridine rings is 2. The number of aromatic nitrogens is 2. The molecular weight excluding hydrogens is 372 g/mol. The maximum Gasteiger partial charge on any atom is 0.354 e. The van der Waals surface area contributed by atoms with Crippen LogP contribution in [0.3, 0.4) is 0 Å². The number of aromatic carboxylic acids is 1. The first-order valence-electron chi connectivity index (χ1n) is 9.22. The second-order valence-electron chi connectivity index (χ2n) is 6.83. The van der Waals surface area contributed by atoms with Gasteiger partial charge < -0.3 is 20.5 Å². The Kier molecular flexibility index (Phi) is 4.75. The third kappa shape index (κ3) is 3.56. The number of anilines is 1. The Morgan fingerprint density at radius 2 is 2.00 bits per heavy atom. The zero-order chi connectivity index (χ0) is 20.5. The Bertz CT molecular complexity index is 1110. The molecule has 0 spiro atoms. The maximum absolute atomic E-state index is 13.1. The predicted molar refractivity (Wildman–Crippen MR) is 109 cm³/mol. The molecule has 8 nitrogen and oxygen atoms in total. The molecule has 0 aliphatic heterocycles. The van der Waals surface area contributed by atoms with E-state index in [0.717, 1.165) is 18.2 Å². The number of fused-ring (bicyclic) bond motifs is 1. The van der Waals surface area contributed by atoms with Gasteiger partial charge in [-0.2, -0.15) is 0 Å². The number of rotatable bonds is 6. The number of hydrogen-bond acceptors (Lipinski definition) is 6. The molecule has 1 fully saturated rings. The van der Waals surface area contributed by atoms with E-state index in [0.29, 0.717) is 33.8 Å². The lowest BCUT2D eigenvalue weighted by Crippen LogP contribution is -2.27. The van der Waals surface area contributed by atoms with E-state index in [1.807, 2.05) is 12.1 Å². The van der Waals surface area contributed by atoms with Crippen molar-refractivity contribution in [3.8, 4) is 17.0 Å². The molecular formula is C21H20N4O4. The Labute approximate surface area is 166 Å². The molecule has 0 saturated heterocycles. The zero-order valence-corrected chi connectivity index (χ0v) is 16.0.